The number of benzene rings is 2. The van der Waals surface area contributed by atoms with Gasteiger partial charge in [-0.15, -0.1) is 0 Å². The first-order valence-electron chi connectivity index (χ1n) is 10.2. The Morgan fingerprint density at radius 3 is 1.93 bits per heavy atom. The molecule has 0 spiro atoms. The smallest absolute Gasteiger partial charge is 0.308 e. The van der Waals surface area contributed by atoms with Crippen LogP contribution in [-0.4, -0.2) is 27.5 Å². The number of carbonyl (C=O) groups is 1. The van der Waals surface area contributed by atoms with Crippen LogP contribution in [0.3, 0.4) is 0 Å². The van der Waals surface area contributed by atoms with Crippen molar-refractivity contribution in [2.75, 3.05) is 7.11 Å². The van der Waals surface area contributed by atoms with Gasteiger partial charge in [0.15, 0.2) is 0 Å². The molecule has 2 aromatic rings. The highest BCUT2D eigenvalue weighted by molar-refractivity contribution is 6.99. The Morgan fingerprint density at radius 1 is 0.929 bits per heavy atom. The first kappa shape index (κ1) is 20.8. The largest absolute Gasteiger partial charge is 0.469 e. The van der Waals surface area contributed by atoms with Crippen molar-refractivity contribution in [3.63, 3.8) is 0 Å². The van der Waals surface area contributed by atoms with E-state index in [1.807, 2.05) is 0 Å². The minimum Gasteiger partial charge on any atom is -0.469 e. The normalized spacial score (nSPS) is 20.6. The van der Waals surface area contributed by atoms with Crippen molar-refractivity contribution in [3.05, 3.63) is 60.7 Å². The second kappa shape index (κ2) is 8.62. The summed E-state index contributed by atoms with van der Waals surface area (Å²) < 4.78 is 12.2. The van der Waals surface area contributed by atoms with Crippen molar-refractivity contribution in [2.45, 2.75) is 57.6 Å². The molecule has 0 N–H and O–H groups in total. The zero-order valence-electron chi connectivity index (χ0n) is 17.5. The molecule has 2 aromatic carbocycles. The molecule has 2 atom stereocenters. The summed E-state index contributed by atoms with van der Waals surface area (Å²) in [4.78, 5) is 12.1. The van der Waals surface area contributed by atoms with Gasteiger partial charge in [0, 0.05) is 6.10 Å². The van der Waals surface area contributed by atoms with Crippen LogP contribution in [0, 0.1) is 5.92 Å². The van der Waals surface area contributed by atoms with Gasteiger partial charge in [-0.1, -0.05) is 87.9 Å². The van der Waals surface area contributed by atoms with Crippen LogP contribution in [0.1, 0.15) is 46.5 Å². The van der Waals surface area contributed by atoms with Gasteiger partial charge in [0.05, 0.1) is 13.0 Å². The molecule has 0 radical (unpaired) electrons. The third-order valence-corrected chi connectivity index (χ3v) is 11.0. The Bertz CT molecular complexity index is 728. The van der Waals surface area contributed by atoms with Crippen LogP contribution in [0.25, 0.3) is 0 Å². The Hall–Kier alpha value is -1.91. The van der Waals surface area contributed by atoms with Crippen LogP contribution in [0.5, 0.6) is 0 Å². The zero-order chi connectivity index (χ0) is 20.2. The molecular weight excluding hydrogens is 364 g/mol. The summed E-state index contributed by atoms with van der Waals surface area (Å²) in [5, 5.41) is 2.52. The van der Waals surface area contributed by atoms with Crippen molar-refractivity contribution >= 4 is 24.7 Å². The van der Waals surface area contributed by atoms with E-state index in [2.05, 4.69) is 81.4 Å². The van der Waals surface area contributed by atoms with E-state index in [0.717, 1.165) is 25.7 Å². The van der Waals surface area contributed by atoms with Gasteiger partial charge < -0.3 is 9.16 Å². The Balaban J connectivity index is 2.05. The van der Waals surface area contributed by atoms with E-state index >= 15 is 0 Å². The van der Waals surface area contributed by atoms with Crippen molar-refractivity contribution in [1.82, 2.24) is 0 Å². The van der Waals surface area contributed by atoms with Crippen LogP contribution < -0.4 is 10.4 Å². The van der Waals surface area contributed by atoms with Crippen molar-refractivity contribution in [1.29, 1.82) is 0 Å². The van der Waals surface area contributed by atoms with Gasteiger partial charge >= 0.3 is 5.97 Å². The van der Waals surface area contributed by atoms with Gasteiger partial charge in [-0.3, -0.25) is 4.79 Å². The predicted octanol–water partition coefficient (Wildman–Crippen LogP) is 4.29. The number of esters is 1. The average Bonchev–Trinajstić information content (AvgIpc) is 2.72. The number of rotatable bonds is 5. The third kappa shape index (κ3) is 4.08. The molecule has 1 fully saturated rings. The highest BCUT2D eigenvalue weighted by Crippen LogP contribution is 2.40. The summed E-state index contributed by atoms with van der Waals surface area (Å²) in [7, 11) is -1.08. The molecule has 150 valence electrons. The molecular formula is C24H32O3Si. The van der Waals surface area contributed by atoms with E-state index in [9.17, 15) is 4.79 Å². The minimum atomic E-state index is -2.56. The first-order chi connectivity index (χ1) is 13.4. The average molecular weight is 397 g/mol. The lowest BCUT2D eigenvalue weighted by Gasteiger charge is -2.46. The molecule has 1 saturated carbocycles. The van der Waals surface area contributed by atoms with E-state index in [4.69, 9.17) is 9.16 Å². The number of carbonyl (C=O) groups excluding carboxylic acids is 1. The maximum atomic E-state index is 12.1. The molecule has 1 aliphatic carbocycles. The van der Waals surface area contributed by atoms with Crippen molar-refractivity contribution < 1.29 is 14.0 Å². The van der Waals surface area contributed by atoms with Crippen molar-refractivity contribution in [2.24, 2.45) is 5.92 Å². The molecule has 0 amide bonds. The molecule has 0 aromatic heterocycles. The molecule has 1 aliphatic rings. The maximum Gasteiger partial charge on any atom is 0.308 e. The second-order valence-corrected chi connectivity index (χ2v) is 13.0. The van der Waals surface area contributed by atoms with Crippen LogP contribution in [0.15, 0.2) is 60.7 Å². The molecule has 28 heavy (non-hydrogen) atoms. The Labute approximate surface area is 170 Å². The fourth-order valence-electron chi connectivity index (χ4n) is 4.57. The topological polar surface area (TPSA) is 35.5 Å². The SMILES string of the molecule is COC(=O)[C@H]1CCC[C@@H](O[Si](c2ccccc2)(c2ccccc2)C(C)(C)C)C1. The number of ether oxygens (including phenoxy) is 1. The van der Waals surface area contributed by atoms with Crippen LogP contribution >= 0.6 is 0 Å². The second-order valence-electron chi connectivity index (χ2n) is 8.79. The van der Waals surface area contributed by atoms with Gasteiger partial charge in [-0.05, 0) is 34.7 Å². The predicted molar refractivity (Wildman–Crippen MR) is 116 cm³/mol. The highest BCUT2D eigenvalue weighted by atomic mass is 28.4. The fourth-order valence-corrected chi connectivity index (χ4v) is 9.30. The number of methoxy groups -OCH3 is 1. The van der Waals surface area contributed by atoms with E-state index in [1.165, 1.54) is 17.5 Å². The lowest BCUT2D eigenvalue weighted by Crippen LogP contribution is -2.68. The molecule has 3 rings (SSSR count). The molecule has 4 heteroatoms. The van der Waals surface area contributed by atoms with Gasteiger partial charge in [-0.25, -0.2) is 0 Å². The molecule has 0 aliphatic heterocycles. The van der Waals surface area contributed by atoms with Gasteiger partial charge in [0.2, 0.25) is 0 Å². The number of hydrogen-bond acceptors (Lipinski definition) is 3. The molecule has 3 nitrogen and oxygen atoms in total. The number of hydrogen-bond donors (Lipinski definition) is 0. The monoisotopic (exact) mass is 396 g/mol. The fraction of sp³-hybridized carbons (Fsp3) is 0.458. The summed E-state index contributed by atoms with van der Waals surface area (Å²) in [6.07, 6.45) is 3.72. The van der Waals surface area contributed by atoms with Crippen LogP contribution in [-0.2, 0) is 14.0 Å². The summed E-state index contributed by atoms with van der Waals surface area (Å²) >= 11 is 0. The van der Waals surface area contributed by atoms with Crippen LogP contribution in [0.2, 0.25) is 5.04 Å². The summed E-state index contributed by atoms with van der Waals surface area (Å²) in [6.45, 7) is 6.87. The Kier molecular flexibility index (Phi) is 6.41. The highest BCUT2D eigenvalue weighted by Gasteiger charge is 2.51. The van der Waals surface area contributed by atoms with Crippen molar-refractivity contribution in [3.8, 4) is 0 Å². The Morgan fingerprint density at radius 2 is 1.46 bits per heavy atom. The first-order valence-corrected chi connectivity index (χ1v) is 12.2. The lowest BCUT2D eigenvalue weighted by molar-refractivity contribution is -0.147. The maximum absolute atomic E-state index is 12.1. The summed E-state index contributed by atoms with van der Waals surface area (Å²) in [6, 6.07) is 21.4. The zero-order valence-corrected chi connectivity index (χ0v) is 18.5. The summed E-state index contributed by atoms with van der Waals surface area (Å²) in [5.74, 6) is -0.155. The van der Waals surface area contributed by atoms with Gasteiger partial charge in [0.25, 0.3) is 8.32 Å². The lowest BCUT2D eigenvalue weighted by atomic mass is 9.87. The van der Waals surface area contributed by atoms with E-state index in [0.29, 0.717) is 0 Å². The van der Waals surface area contributed by atoms with E-state index in [-0.39, 0.29) is 23.0 Å². The molecule has 0 heterocycles. The molecule has 0 bridgehead atoms. The van der Waals surface area contributed by atoms with Gasteiger partial charge in [-0.2, -0.15) is 0 Å². The van der Waals surface area contributed by atoms with E-state index < -0.39 is 8.32 Å². The quantitative estimate of drug-likeness (QED) is 0.558. The van der Waals surface area contributed by atoms with Gasteiger partial charge in [0.1, 0.15) is 0 Å². The molecule has 0 saturated heterocycles. The third-order valence-electron chi connectivity index (χ3n) is 5.92. The minimum absolute atomic E-state index is 0.0477. The van der Waals surface area contributed by atoms with Crippen LogP contribution in [0.4, 0.5) is 0 Å². The molecule has 0 unspecified atom stereocenters. The van der Waals surface area contributed by atoms with E-state index in [1.54, 1.807) is 0 Å². The standard InChI is InChI=1S/C24H32O3Si/c1-24(2,3)28(21-14-7-5-8-15-21,22-16-9-6-10-17-22)27-20-13-11-12-19(18-20)23(25)26-4/h5-10,14-17,19-20H,11-13,18H2,1-4H3/t19-,20+/m0/s1. The summed E-state index contributed by atoms with van der Waals surface area (Å²) in [5.41, 5.74) is 0.